The van der Waals surface area contributed by atoms with Crippen LogP contribution in [0.4, 0.5) is 0 Å². The van der Waals surface area contributed by atoms with E-state index in [0.29, 0.717) is 11.6 Å². The van der Waals surface area contributed by atoms with Crippen LogP contribution in [0.5, 0.6) is 0 Å². The molecule has 0 bridgehead atoms. The summed E-state index contributed by atoms with van der Waals surface area (Å²) in [5.41, 5.74) is 0. The van der Waals surface area contributed by atoms with Gasteiger partial charge in [0.05, 0.1) is 0 Å². The van der Waals surface area contributed by atoms with Gasteiger partial charge in [0.25, 0.3) is 0 Å². The number of hydrogen-bond acceptors (Lipinski definition) is 2. The number of hydrogen-bond donors (Lipinski definition) is 0. The van der Waals surface area contributed by atoms with Crippen LogP contribution >= 0.6 is 0 Å². The standard InChI is InChI=1S/2C7H14O.H2O/c2*1-5(2)7(8)6(3)4;/h2*5-6H,1-4H3;1H2. The lowest BCUT2D eigenvalue weighted by atomic mass is 9.99. The van der Waals surface area contributed by atoms with Gasteiger partial charge < -0.3 is 5.48 Å². The predicted molar refractivity (Wildman–Crippen MR) is 73.0 cm³/mol. The second-order valence-electron chi connectivity index (χ2n) is 5.42. The van der Waals surface area contributed by atoms with E-state index in [1.54, 1.807) is 0 Å². The Bertz CT molecular complexity index is 172. The highest BCUT2D eigenvalue weighted by atomic mass is 16.1. The summed E-state index contributed by atoms with van der Waals surface area (Å²) in [5.74, 6) is 1.52. The highest BCUT2D eigenvalue weighted by Gasteiger charge is 2.10. The van der Waals surface area contributed by atoms with Crippen molar-refractivity contribution in [2.45, 2.75) is 55.4 Å². The molecule has 0 aromatic carbocycles. The fourth-order valence-corrected chi connectivity index (χ4v) is 1.33. The van der Waals surface area contributed by atoms with Crippen molar-refractivity contribution in [3.8, 4) is 0 Å². The highest BCUT2D eigenvalue weighted by molar-refractivity contribution is 5.82. The minimum atomic E-state index is 0. The van der Waals surface area contributed by atoms with E-state index in [1.807, 2.05) is 55.4 Å². The van der Waals surface area contributed by atoms with E-state index in [9.17, 15) is 9.59 Å². The lowest BCUT2D eigenvalue weighted by Gasteiger charge is -2.05. The average Bonchev–Trinajstić information content (AvgIpc) is 2.15. The molecule has 0 aliphatic carbocycles. The van der Waals surface area contributed by atoms with Gasteiger partial charge in [-0.3, -0.25) is 9.59 Å². The predicted octanol–water partition coefficient (Wildman–Crippen LogP) is 2.91. The molecule has 104 valence electrons. The second kappa shape index (κ2) is 10.5. The lowest BCUT2D eigenvalue weighted by Crippen LogP contribution is -2.13. The maximum atomic E-state index is 10.8. The first-order valence-corrected chi connectivity index (χ1v) is 6.18. The van der Waals surface area contributed by atoms with Crippen LogP contribution in [0.25, 0.3) is 0 Å². The average molecular weight is 246 g/mol. The molecular weight excluding hydrogens is 216 g/mol. The second-order valence-corrected chi connectivity index (χ2v) is 5.42. The third kappa shape index (κ3) is 11.6. The van der Waals surface area contributed by atoms with Gasteiger partial charge in [0.1, 0.15) is 11.6 Å². The molecule has 0 fully saturated rings. The van der Waals surface area contributed by atoms with Gasteiger partial charge >= 0.3 is 0 Å². The Kier molecular flexibility index (Phi) is 13.3. The van der Waals surface area contributed by atoms with Crippen molar-refractivity contribution in [2.75, 3.05) is 0 Å². The minimum Gasteiger partial charge on any atom is -0.412 e. The van der Waals surface area contributed by atoms with Crippen molar-refractivity contribution < 1.29 is 15.1 Å². The first kappa shape index (κ1) is 21.6. The Balaban J connectivity index is -0.000000218. The van der Waals surface area contributed by atoms with E-state index in [1.165, 1.54) is 0 Å². The summed E-state index contributed by atoms with van der Waals surface area (Å²) < 4.78 is 0. The monoisotopic (exact) mass is 246 g/mol. The summed E-state index contributed by atoms with van der Waals surface area (Å²) in [7, 11) is 0. The summed E-state index contributed by atoms with van der Waals surface area (Å²) in [6, 6.07) is 0. The molecule has 3 heteroatoms. The third-order valence-corrected chi connectivity index (χ3v) is 2.28. The number of carbonyl (C=O) groups excluding carboxylic acids is 2. The number of rotatable bonds is 4. The van der Waals surface area contributed by atoms with Gasteiger partial charge in [0.15, 0.2) is 0 Å². The van der Waals surface area contributed by atoms with E-state index in [2.05, 4.69) is 0 Å². The van der Waals surface area contributed by atoms with Gasteiger partial charge in [-0.1, -0.05) is 55.4 Å². The zero-order valence-corrected chi connectivity index (χ0v) is 12.6. The van der Waals surface area contributed by atoms with Crippen molar-refractivity contribution in [2.24, 2.45) is 23.7 Å². The van der Waals surface area contributed by atoms with E-state index in [4.69, 9.17) is 0 Å². The first-order valence-electron chi connectivity index (χ1n) is 6.18. The van der Waals surface area contributed by atoms with Gasteiger partial charge in [-0.2, -0.15) is 0 Å². The largest absolute Gasteiger partial charge is 0.412 e. The Morgan fingerprint density at radius 1 is 0.529 bits per heavy atom. The van der Waals surface area contributed by atoms with Crippen molar-refractivity contribution in [1.82, 2.24) is 0 Å². The zero-order chi connectivity index (χ0) is 13.5. The maximum Gasteiger partial charge on any atom is 0.137 e. The van der Waals surface area contributed by atoms with Gasteiger partial charge in [-0.05, 0) is 0 Å². The van der Waals surface area contributed by atoms with E-state index >= 15 is 0 Å². The number of carbonyl (C=O) groups is 2. The summed E-state index contributed by atoms with van der Waals surface area (Å²) in [6.07, 6.45) is 0. The molecule has 0 saturated heterocycles. The quantitative estimate of drug-likeness (QED) is 0.765. The van der Waals surface area contributed by atoms with Gasteiger partial charge in [-0.25, -0.2) is 0 Å². The van der Waals surface area contributed by atoms with Crippen molar-refractivity contribution in [3.05, 3.63) is 0 Å². The Labute approximate surface area is 106 Å². The fraction of sp³-hybridized carbons (Fsp3) is 0.857. The molecule has 0 atom stereocenters. The maximum absolute atomic E-state index is 10.8. The Morgan fingerprint density at radius 2 is 0.647 bits per heavy atom. The molecule has 0 aliphatic rings. The molecule has 17 heavy (non-hydrogen) atoms. The van der Waals surface area contributed by atoms with E-state index in [0.717, 1.165) is 0 Å². The molecule has 0 radical (unpaired) electrons. The van der Waals surface area contributed by atoms with Gasteiger partial charge in [0, 0.05) is 23.7 Å². The third-order valence-electron chi connectivity index (χ3n) is 2.28. The zero-order valence-electron chi connectivity index (χ0n) is 12.6. The molecule has 2 N–H and O–H groups in total. The molecule has 0 aliphatic heterocycles. The van der Waals surface area contributed by atoms with Crippen LogP contribution in [-0.2, 0) is 9.59 Å². The van der Waals surface area contributed by atoms with Gasteiger partial charge in [0.2, 0.25) is 0 Å². The van der Waals surface area contributed by atoms with Crippen molar-refractivity contribution in [1.29, 1.82) is 0 Å². The molecule has 3 nitrogen and oxygen atoms in total. The molecule has 0 aromatic rings. The Morgan fingerprint density at radius 3 is 0.647 bits per heavy atom. The Hall–Kier alpha value is -0.700. The first-order chi connectivity index (χ1) is 7.11. The van der Waals surface area contributed by atoms with E-state index in [-0.39, 0.29) is 29.1 Å². The molecule has 0 amide bonds. The van der Waals surface area contributed by atoms with Gasteiger partial charge in [-0.15, -0.1) is 0 Å². The summed E-state index contributed by atoms with van der Waals surface area (Å²) in [6.45, 7) is 15.5. The normalized spacial score (nSPS) is 10.1. The number of ketones is 2. The van der Waals surface area contributed by atoms with Crippen LogP contribution in [0.2, 0.25) is 0 Å². The summed E-state index contributed by atoms with van der Waals surface area (Å²) in [4.78, 5) is 21.7. The lowest BCUT2D eigenvalue weighted by molar-refractivity contribution is -0.125. The fourth-order valence-electron chi connectivity index (χ4n) is 1.33. The van der Waals surface area contributed by atoms with Crippen molar-refractivity contribution >= 4 is 11.6 Å². The molecule has 0 heterocycles. The number of Topliss-reactive ketones (excluding diaryl/α,β-unsaturated/α-hetero) is 2. The smallest absolute Gasteiger partial charge is 0.137 e. The van der Waals surface area contributed by atoms with Crippen LogP contribution < -0.4 is 0 Å². The van der Waals surface area contributed by atoms with Crippen LogP contribution in [0.15, 0.2) is 0 Å². The summed E-state index contributed by atoms with van der Waals surface area (Å²) >= 11 is 0. The SMILES string of the molecule is CC(C)C(=O)C(C)C.CC(C)C(=O)C(C)C.O. The van der Waals surface area contributed by atoms with Crippen LogP contribution in [0.1, 0.15) is 55.4 Å². The highest BCUT2D eigenvalue weighted by Crippen LogP contribution is 2.04. The summed E-state index contributed by atoms with van der Waals surface area (Å²) in [5, 5.41) is 0. The molecule has 0 aromatic heterocycles. The minimum absolute atomic E-state index is 0. The van der Waals surface area contributed by atoms with Crippen molar-refractivity contribution in [3.63, 3.8) is 0 Å². The molecule has 0 rings (SSSR count). The molecule has 0 unspecified atom stereocenters. The van der Waals surface area contributed by atoms with Crippen LogP contribution in [0.3, 0.4) is 0 Å². The molecule has 0 spiro atoms. The van der Waals surface area contributed by atoms with E-state index < -0.39 is 0 Å². The molecule has 0 saturated carbocycles. The molecular formula is C14H30O3. The van der Waals surface area contributed by atoms with Crippen LogP contribution in [-0.4, -0.2) is 17.0 Å². The topological polar surface area (TPSA) is 65.6 Å². The van der Waals surface area contributed by atoms with Crippen LogP contribution in [0, 0.1) is 23.7 Å².